The first kappa shape index (κ1) is 12.4. The predicted octanol–water partition coefficient (Wildman–Crippen LogP) is 0.875. The Hall–Kier alpha value is -1.07. The molecule has 94 valence electrons. The van der Waals surface area contributed by atoms with Crippen molar-refractivity contribution in [3.05, 3.63) is 24.3 Å². The molecular formula is C12H18N2O2S. The molecule has 0 aromatic heterocycles. The molecule has 0 spiro atoms. The van der Waals surface area contributed by atoms with Crippen LogP contribution in [-0.4, -0.2) is 34.3 Å². The molecule has 0 saturated carbocycles. The first-order valence-electron chi connectivity index (χ1n) is 5.76. The summed E-state index contributed by atoms with van der Waals surface area (Å²) in [6, 6.07) is 7.17. The van der Waals surface area contributed by atoms with Crippen LogP contribution in [0.5, 0.6) is 0 Å². The third-order valence-corrected chi connectivity index (χ3v) is 4.37. The number of rotatable bonds is 3. The van der Waals surface area contributed by atoms with Crippen molar-refractivity contribution in [2.45, 2.75) is 11.3 Å². The third-order valence-electron chi connectivity index (χ3n) is 3.22. The average molecular weight is 254 g/mol. The highest BCUT2D eigenvalue weighted by molar-refractivity contribution is 7.90. The third kappa shape index (κ3) is 2.61. The first-order valence-corrected chi connectivity index (χ1v) is 7.65. The van der Waals surface area contributed by atoms with Gasteiger partial charge in [-0.15, -0.1) is 0 Å². The van der Waals surface area contributed by atoms with E-state index in [0.29, 0.717) is 17.4 Å². The molecule has 17 heavy (non-hydrogen) atoms. The van der Waals surface area contributed by atoms with Gasteiger partial charge in [0.1, 0.15) is 0 Å². The number of hydrogen-bond acceptors (Lipinski definition) is 4. The summed E-state index contributed by atoms with van der Waals surface area (Å²) in [6.45, 7) is 2.40. The molecule has 4 nitrogen and oxygen atoms in total. The summed E-state index contributed by atoms with van der Waals surface area (Å²) in [4.78, 5) is 2.53. The van der Waals surface area contributed by atoms with Crippen LogP contribution in [0.1, 0.15) is 6.42 Å². The molecule has 1 aromatic rings. The number of nitrogens with zero attached hydrogens (tertiary/aromatic N) is 1. The van der Waals surface area contributed by atoms with Crippen LogP contribution in [-0.2, 0) is 9.84 Å². The number of nitrogens with two attached hydrogens (primary N) is 1. The summed E-state index contributed by atoms with van der Waals surface area (Å²) in [5.74, 6) is 0.475. The molecule has 1 heterocycles. The minimum Gasteiger partial charge on any atom is -0.370 e. The number of benzene rings is 1. The molecule has 0 bridgehead atoms. The first-order chi connectivity index (χ1) is 8.02. The van der Waals surface area contributed by atoms with E-state index in [2.05, 4.69) is 4.90 Å². The molecule has 1 atom stereocenters. The Morgan fingerprint density at radius 1 is 1.41 bits per heavy atom. The standard InChI is InChI=1S/C12H18N2O2S/c1-17(15,16)12-5-3-2-4-11(12)14-7-6-10(8-13)9-14/h2-5,10H,6-9,13H2,1H3. The van der Waals surface area contributed by atoms with Gasteiger partial charge in [0, 0.05) is 19.3 Å². The van der Waals surface area contributed by atoms with Crippen LogP contribution < -0.4 is 10.6 Å². The van der Waals surface area contributed by atoms with Crippen molar-refractivity contribution < 1.29 is 8.42 Å². The topological polar surface area (TPSA) is 63.4 Å². The summed E-state index contributed by atoms with van der Waals surface area (Å²) in [6.07, 6.45) is 2.29. The largest absolute Gasteiger partial charge is 0.370 e. The molecule has 1 unspecified atom stereocenters. The summed E-state index contributed by atoms with van der Waals surface area (Å²) in [5.41, 5.74) is 6.46. The van der Waals surface area contributed by atoms with E-state index in [4.69, 9.17) is 5.73 Å². The van der Waals surface area contributed by atoms with Crippen molar-refractivity contribution in [2.24, 2.45) is 11.7 Å². The van der Waals surface area contributed by atoms with Crippen molar-refractivity contribution in [1.82, 2.24) is 0 Å². The molecule has 2 rings (SSSR count). The van der Waals surface area contributed by atoms with Crippen LogP contribution in [0.2, 0.25) is 0 Å². The van der Waals surface area contributed by atoms with Gasteiger partial charge in [-0.25, -0.2) is 8.42 Å². The highest BCUT2D eigenvalue weighted by atomic mass is 32.2. The Kier molecular flexibility index (Phi) is 3.40. The quantitative estimate of drug-likeness (QED) is 0.869. The molecule has 1 aliphatic heterocycles. The summed E-state index contributed by atoms with van der Waals surface area (Å²) < 4.78 is 23.4. The minimum atomic E-state index is -3.17. The molecular weight excluding hydrogens is 236 g/mol. The van der Waals surface area contributed by atoms with Crippen molar-refractivity contribution >= 4 is 15.5 Å². The van der Waals surface area contributed by atoms with Gasteiger partial charge in [-0.1, -0.05) is 12.1 Å². The highest BCUT2D eigenvalue weighted by Crippen LogP contribution is 2.29. The van der Waals surface area contributed by atoms with Crippen LogP contribution in [0.15, 0.2) is 29.2 Å². The van der Waals surface area contributed by atoms with Gasteiger partial charge in [0.25, 0.3) is 0 Å². The second-order valence-electron chi connectivity index (χ2n) is 4.58. The fourth-order valence-corrected chi connectivity index (χ4v) is 3.18. The van der Waals surface area contributed by atoms with E-state index >= 15 is 0 Å². The zero-order valence-corrected chi connectivity index (χ0v) is 10.8. The molecule has 0 aliphatic carbocycles. The molecule has 0 radical (unpaired) electrons. The van der Waals surface area contributed by atoms with E-state index in [1.165, 1.54) is 6.26 Å². The van der Waals surface area contributed by atoms with E-state index in [9.17, 15) is 8.42 Å². The number of para-hydroxylation sites is 1. The Balaban J connectivity index is 2.34. The van der Waals surface area contributed by atoms with Crippen LogP contribution in [0.4, 0.5) is 5.69 Å². The van der Waals surface area contributed by atoms with Gasteiger partial charge in [0.15, 0.2) is 9.84 Å². The minimum absolute atomic E-state index is 0.415. The lowest BCUT2D eigenvalue weighted by Gasteiger charge is -2.21. The molecule has 1 fully saturated rings. The Bertz CT molecular complexity index is 499. The average Bonchev–Trinajstić information content (AvgIpc) is 2.76. The Morgan fingerprint density at radius 3 is 2.71 bits per heavy atom. The number of anilines is 1. The maximum absolute atomic E-state index is 11.7. The van der Waals surface area contributed by atoms with Crippen molar-refractivity contribution in [3.63, 3.8) is 0 Å². The number of sulfone groups is 1. The highest BCUT2D eigenvalue weighted by Gasteiger charge is 2.25. The van der Waals surface area contributed by atoms with Gasteiger partial charge in [-0.2, -0.15) is 0 Å². The Morgan fingerprint density at radius 2 is 2.12 bits per heavy atom. The van der Waals surface area contributed by atoms with Crippen molar-refractivity contribution in [1.29, 1.82) is 0 Å². The lowest BCUT2D eigenvalue weighted by Crippen LogP contribution is -2.24. The maximum Gasteiger partial charge on any atom is 0.177 e. The van der Waals surface area contributed by atoms with Gasteiger partial charge in [-0.3, -0.25) is 0 Å². The normalized spacial score (nSPS) is 20.8. The van der Waals surface area contributed by atoms with Crippen molar-refractivity contribution in [2.75, 3.05) is 30.8 Å². The monoisotopic (exact) mass is 254 g/mol. The molecule has 1 aromatic carbocycles. The smallest absolute Gasteiger partial charge is 0.177 e. The molecule has 0 amide bonds. The van der Waals surface area contributed by atoms with Crippen LogP contribution in [0.25, 0.3) is 0 Å². The van der Waals surface area contributed by atoms with E-state index in [0.717, 1.165) is 25.2 Å². The molecule has 1 saturated heterocycles. The lowest BCUT2D eigenvalue weighted by atomic mass is 10.1. The summed E-state index contributed by atoms with van der Waals surface area (Å²) in [7, 11) is -3.17. The fraction of sp³-hybridized carbons (Fsp3) is 0.500. The van der Waals surface area contributed by atoms with E-state index in [1.807, 2.05) is 12.1 Å². The van der Waals surface area contributed by atoms with E-state index in [-0.39, 0.29) is 0 Å². The van der Waals surface area contributed by atoms with Gasteiger partial charge in [0.2, 0.25) is 0 Å². The van der Waals surface area contributed by atoms with Crippen LogP contribution in [0.3, 0.4) is 0 Å². The fourth-order valence-electron chi connectivity index (χ4n) is 2.28. The van der Waals surface area contributed by atoms with Gasteiger partial charge >= 0.3 is 0 Å². The molecule has 2 N–H and O–H groups in total. The predicted molar refractivity (Wildman–Crippen MR) is 68.9 cm³/mol. The Labute approximate surface area is 102 Å². The SMILES string of the molecule is CS(=O)(=O)c1ccccc1N1CCC(CN)C1. The second-order valence-corrected chi connectivity index (χ2v) is 6.56. The maximum atomic E-state index is 11.7. The second kappa shape index (κ2) is 4.66. The summed E-state index contributed by atoms with van der Waals surface area (Å²) >= 11 is 0. The lowest BCUT2D eigenvalue weighted by molar-refractivity contribution is 0.599. The molecule has 1 aliphatic rings. The van der Waals surface area contributed by atoms with Gasteiger partial charge < -0.3 is 10.6 Å². The van der Waals surface area contributed by atoms with Crippen LogP contribution in [0, 0.1) is 5.92 Å². The zero-order chi connectivity index (χ0) is 12.5. The van der Waals surface area contributed by atoms with Gasteiger partial charge in [0.05, 0.1) is 10.6 Å². The van der Waals surface area contributed by atoms with Crippen LogP contribution >= 0.6 is 0 Å². The molecule has 5 heteroatoms. The van der Waals surface area contributed by atoms with E-state index < -0.39 is 9.84 Å². The zero-order valence-electron chi connectivity index (χ0n) is 9.96. The van der Waals surface area contributed by atoms with Gasteiger partial charge in [-0.05, 0) is 31.0 Å². The van der Waals surface area contributed by atoms with E-state index in [1.54, 1.807) is 12.1 Å². The summed E-state index contributed by atoms with van der Waals surface area (Å²) in [5, 5.41) is 0. The number of hydrogen-bond donors (Lipinski definition) is 1. The van der Waals surface area contributed by atoms with Crippen molar-refractivity contribution in [3.8, 4) is 0 Å².